The van der Waals surface area contributed by atoms with Gasteiger partial charge in [-0.3, -0.25) is 0 Å². The maximum atomic E-state index is 10.3. The van der Waals surface area contributed by atoms with Gasteiger partial charge in [-0.15, -0.1) is 0 Å². The molecule has 1 heteroatoms. The Hall–Kier alpha value is -1.60. The van der Waals surface area contributed by atoms with Gasteiger partial charge in [0.25, 0.3) is 0 Å². The summed E-state index contributed by atoms with van der Waals surface area (Å²) in [5.41, 5.74) is 6.45. The number of benzene rings is 2. The van der Waals surface area contributed by atoms with Crippen LogP contribution in [0.15, 0.2) is 42.5 Å². The Kier molecular flexibility index (Phi) is 3.39. The summed E-state index contributed by atoms with van der Waals surface area (Å²) < 4.78 is 0. The van der Waals surface area contributed by atoms with Crippen molar-refractivity contribution in [3.63, 3.8) is 0 Å². The highest BCUT2D eigenvalue weighted by Crippen LogP contribution is 2.25. The van der Waals surface area contributed by atoms with Crippen LogP contribution < -0.4 is 0 Å². The van der Waals surface area contributed by atoms with Gasteiger partial charge in [0.15, 0.2) is 0 Å². The molecule has 0 bridgehead atoms. The van der Waals surface area contributed by atoms with Crippen LogP contribution in [-0.4, -0.2) is 5.11 Å². The number of fused-ring (bicyclic) bond motifs is 1. The SMILES string of the molecule is Cc1ccc(C(O)Cc2ccc3c(c2)CCC3)cc1. The molecule has 98 valence electrons. The third-order valence-corrected chi connectivity index (χ3v) is 4.05. The highest BCUT2D eigenvalue weighted by Gasteiger charge is 2.13. The second-order valence-electron chi connectivity index (χ2n) is 5.59. The first kappa shape index (κ1) is 12.4. The minimum absolute atomic E-state index is 0.403. The molecule has 0 radical (unpaired) electrons. The van der Waals surface area contributed by atoms with Crippen molar-refractivity contribution in [1.82, 2.24) is 0 Å². The van der Waals surface area contributed by atoms with E-state index in [9.17, 15) is 5.11 Å². The predicted molar refractivity (Wildman–Crippen MR) is 78.3 cm³/mol. The van der Waals surface area contributed by atoms with Crippen LogP contribution in [0.2, 0.25) is 0 Å². The molecule has 0 spiro atoms. The zero-order chi connectivity index (χ0) is 13.2. The van der Waals surface area contributed by atoms with Gasteiger partial charge in [-0.25, -0.2) is 0 Å². The summed E-state index contributed by atoms with van der Waals surface area (Å²) in [6.45, 7) is 2.07. The Morgan fingerprint density at radius 2 is 1.74 bits per heavy atom. The van der Waals surface area contributed by atoms with Crippen molar-refractivity contribution >= 4 is 0 Å². The lowest BCUT2D eigenvalue weighted by atomic mass is 9.98. The second-order valence-corrected chi connectivity index (χ2v) is 5.59. The average Bonchev–Trinajstić information content (AvgIpc) is 2.87. The van der Waals surface area contributed by atoms with E-state index in [-0.39, 0.29) is 0 Å². The molecule has 0 amide bonds. The molecule has 0 heterocycles. The molecule has 1 atom stereocenters. The lowest BCUT2D eigenvalue weighted by Crippen LogP contribution is -2.02. The molecule has 0 aliphatic heterocycles. The summed E-state index contributed by atoms with van der Waals surface area (Å²) in [4.78, 5) is 0. The van der Waals surface area contributed by atoms with Crippen LogP contribution in [0.1, 0.15) is 40.3 Å². The molecule has 19 heavy (non-hydrogen) atoms. The second kappa shape index (κ2) is 5.18. The van der Waals surface area contributed by atoms with E-state index in [1.54, 1.807) is 0 Å². The highest BCUT2D eigenvalue weighted by molar-refractivity contribution is 5.36. The maximum Gasteiger partial charge on any atom is 0.0830 e. The fourth-order valence-corrected chi connectivity index (χ4v) is 2.88. The van der Waals surface area contributed by atoms with E-state index in [4.69, 9.17) is 0 Å². The van der Waals surface area contributed by atoms with Crippen LogP contribution >= 0.6 is 0 Å². The molecule has 2 aromatic rings. The van der Waals surface area contributed by atoms with Gasteiger partial charge in [0.05, 0.1) is 6.10 Å². The first-order valence-electron chi connectivity index (χ1n) is 7.08. The fraction of sp³-hybridized carbons (Fsp3) is 0.333. The fourth-order valence-electron chi connectivity index (χ4n) is 2.88. The van der Waals surface area contributed by atoms with Gasteiger partial charge in [-0.1, -0.05) is 48.0 Å². The van der Waals surface area contributed by atoms with Gasteiger partial charge in [-0.05, 0) is 48.4 Å². The van der Waals surface area contributed by atoms with E-state index < -0.39 is 6.10 Å². The molecule has 1 aliphatic rings. The summed E-state index contributed by atoms with van der Waals surface area (Å²) >= 11 is 0. The molecule has 0 fully saturated rings. The monoisotopic (exact) mass is 252 g/mol. The van der Waals surface area contributed by atoms with E-state index in [0.717, 1.165) is 5.56 Å². The van der Waals surface area contributed by atoms with Crippen LogP contribution in [0, 0.1) is 6.92 Å². The lowest BCUT2D eigenvalue weighted by Gasteiger charge is -2.12. The van der Waals surface area contributed by atoms with Crippen molar-refractivity contribution < 1.29 is 5.11 Å². The summed E-state index contributed by atoms with van der Waals surface area (Å²) in [5, 5.41) is 10.3. The van der Waals surface area contributed by atoms with Crippen molar-refractivity contribution in [2.45, 2.75) is 38.7 Å². The van der Waals surface area contributed by atoms with Gasteiger partial charge in [0.1, 0.15) is 0 Å². The van der Waals surface area contributed by atoms with Gasteiger partial charge in [0, 0.05) is 6.42 Å². The van der Waals surface area contributed by atoms with E-state index >= 15 is 0 Å². The van der Waals surface area contributed by atoms with Crippen molar-refractivity contribution in [2.24, 2.45) is 0 Å². The molecule has 0 aromatic heterocycles. The number of aliphatic hydroxyl groups excluding tert-OH is 1. The number of aliphatic hydroxyl groups is 1. The van der Waals surface area contributed by atoms with Crippen LogP contribution in [0.25, 0.3) is 0 Å². The topological polar surface area (TPSA) is 20.2 Å². The molecule has 0 saturated heterocycles. The summed E-state index contributed by atoms with van der Waals surface area (Å²) in [5.74, 6) is 0. The Balaban J connectivity index is 1.75. The predicted octanol–water partition coefficient (Wildman–Crippen LogP) is 3.76. The quantitative estimate of drug-likeness (QED) is 0.882. The van der Waals surface area contributed by atoms with E-state index in [2.05, 4.69) is 37.3 Å². The molecule has 2 aromatic carbocycles. The Morgan fingerprint density at radius 3 is 2.53 bits per heavy atom. The average molecular weight is 252 g/mol. The summed E-state index contributed by atoms with van der Waals surface area (Å²) in [6.07, 6.45) is 4.00. The summed E-state index contributed by atoms with van der Waals surface area (Å²) in [6, 6.07) is 14.8. The first-order chi connectivity index (χ1) is 9.22. The van der Waals surface area contributed by atoms with Crippen molar-refractivity contribution in [1.29, 1.82) is 0 Å². The molecule has 0 saturated carbocycles. The minimum atomic E-state index is -0.403. The third-order valence-electron chi connectivity index (χ3n) is 4.05. The Bertz CT molecular complexity index is 569. The molecule has 1 nitrogen and oxygen atoms in total. The molecular weight excluding hydrogens is 232 g/mol. The standard InChI is InChI=1S/C18H20O/c1-13-5-8-16(9-6-13)18(19)12-14-7-10-15-3-2-4-17(15)11-14/h5-11,18-19H,2-4,12H2,1H3. The van der Waals surface area contributed by atoms with E-state index in [0.29, 0.717) is 6.42 Å². The lowest BCUT2D eigenvalue weighted by molar-refractivity contribution is 0.178. The van der Waals surface area contributed by atoms with Gasteiger partial charge in [-0.2, -0.15) is 0 Å². The Labute approximate surface area is 114 Å². The Morgan fingerprint density at radius 1 is 1.00 bits per heavy atom. The van der Waals surface area contributed by atoms with Gasteiger partial charge in [0.2, 0.25) is 0 Å². The van der Waals surface area contributed by atoms with Crippen LogP contribution in [0.5, 0.6) is 0 Å². The first-order valence-corrected chi connectivity index (χ1v) is 7.08. The van der Waals surface area contributed by atoms with E-state index in [1.165, 1.54) is 41.5 Å². The van der Waals surface area contributed by atoms with E-state index in [1.807, 2.05) is 12.1 Å². The molecule has 3 rings (SSSR count). The van der Waals surface area contributed by atoms with Gasteiger partial charge < -0.3 is 5.11 Å². The largest absolute Gasteiger partial charge is 0.388 e. The normalized spacial score (nSPS) is 15.3. The van der Waals surface area contributed by atoms with Crippen LogP contribution in [-0.2, 0) is 19.3 Å². The molecule has 1 N–H and O–H groups in total. The van der Waals surface area contributed by atoms with Crippen molar-refractivity contribution in [3.8, 4) is 0 Å². The highest BCUT2D eigenvalue weighted by atomic mass is 16.3. The van der Waals surface area contributed by atoms with Crippen molar-refractivity contribution in [2.75, 3.05) is 0 Å². The van der Waals surface area contributed by atoms with Gasteiger partial charge >= 0.3 is 0 Å². The molecular formula is C18H20O. The molecule has 1 aliphatic carbocycles. The van der Waals surface area contributed by atoms with Crippen LogP contribution in [0.3, 0.4) is 0 Å². The molecule has 1 unspecified atom stereocenters. The number of hydrogen-bond donors (Lipinski definition) is 1. The number of hydrogen-bond acceptors (Lipinski definition) is 1. The smallest absolute Gasteiger partial charge is 0.0830 e. The maximum absolute atomic E-state index is 10.3. The number of aryl methyl sites for hydroxylation is 3. The van der Waals surface area contributed by atoms with Crippen molar-refractivity contribution in [3.05, 3.63) is 70.3 Å². The zero-order valence-electron chi connectivity index (χ0n) is 11.4. The summed E-state index contributed by atoms with van der Waals surface area (Å²) in [7, 11) is 0. The zero-order valence-corrected chi connectivity index (χ0v) is 11.4. The third kappa shape index (κ3) is 2.71. The van der Waals surface area contributed by atoms with Crippen LogP contribution in [0.4, 0.5) is 0 Å². The number of rotatable bonds is 3. The minimum Gasteiger partial charge on any atom is -0.388 e.